The first-order chi connectivity index (χ1) is 29.3. The lowest BCUT2D eigenvalue weighted by Gasteiger charge is -2.67. The Kier molecular flexibility index (Phi) is 11.8. The number of esters is 4. The molecule has 11 atom stereocenters. The number of ether oxygens (including phenoxy) is 5. The van der Waals surface area contributed by atoms with Crippen LogP contribution in [-0.2, 0) is 42.9 Å². The molecule has 1 heterocycles. The van der Waals surface area contributed by atoms with Gasteiger partial charge in [-0.1, -0.05) is 80.6 Å². The van der Waals surface area contributed by atoms with E-state index in [0.717, 1.165) is 13.8 Å². The number of hydrogen-bond donors (Lipinski definition) is 4. The van der Waals surface area contributed by atoms with Crippen LogP contribution < -0.4 is 5.32 Å². The molecular formula is C47H51NO14. The number of rotatable bonds is 10. The van der Waals surface area contributed by atoms with E-state index >= 15 is 4.79 Å². The van der Waals surface area contributed by atoms with E-state index in [2.05, 4.69) is 5.32 Å². The number of amides is 1. The van der Waals surface area contributed by atoms with Crippen molar-refractivity contribution in [2.75, 3.05) is 6.61 Å². The van der Waals surface area contributed by atoms with E-state index in [9.17, 15) is 39.3 Å². The van der Waals surface area contributed by atoms with Crippen molar-refractivity contribution in [3.05, 3.63) is 119 Å². The fourth-order valence-corrected chi connectivity index (χ4v) is 10.2. The van der Waals surface area contributed by atoms with Gasteiger partial charge in [-0.05, 0) is 54.8 Å². The van der Waals surface area contributed by atoms with Gasteiger partial charge in [0.25, 0.3) is 5.91 Å². The molecule has 3 aliphatic carbocycles. The Bertz CT molecular complexity index is 2280. The van der Waals surface area contributed by atoms with E-state index in [0.29, 0.717) is 5.56 Å². The minimum absolute atomic E-state index is 0.00289. The number of ketones is 1. The van der Waals surface area contributed by atoms with E-state index in [4.69, 9.17) is 23.7 Å². The Morgan fingerprint density at radius 3 is 1.95 bits per heavy atom. The zero-order valence-corrected chi connectivity index (χ0v) is 35.2. The van der Waals surface area contributed by atoms with Gasteiger partial charge in [0.1, 0.15) is 23.9 Å². The van der Waals surface area contributed by atoms with E-state index < -0.39 is 113 Å². The molecule has 1 saturated heterocycles. The maximum atomic E-state index is 15.5. The van der Waals surface area contributed by atoms with Gasteiger partial charge < -0.3 is 44.3 Å². The molecule has 15 nitrogen and oxygen atoms in total. The molecule has 1 aliphatic heterocycles. The summed E-state index contributed by atoms with van der Waals surface area (Å²) in [6.07, 6.45) is -10.5. The fraction of sp³-hybridized carbons (Fsp3) is 0.447. The molecule has 1 amide bonds. The maximum Gasteiger partial charge on any atom is 0.338 e. The van der Waals surface area contributed by atoms with Crippen LogP contribution in [-0.4, -0.2) is 105 Å². The lowest BCUT2D eigenvalue weighted by molar-refractivity contribution is -0.346. The van der Waals surface area contributed by atoms with Crippen molar-refractivity contribution in [2.45, 2.75) is 108 Å². The number of carbonyl (C=O) groups is 6. The fourth-order valence-electron chi connectivity index (χ4n) is 10.2. The van der Waals surface area contributed by atoms with Crippen LogP contribution in [0.15, 0.2) is 102 Å². The summed E-state index contributed by atoms with van der Waals surface area (Å²) in [7, 11) is 0. The lowest BCUT2D eigenvalue weighted by atomic mass is 9.44. The van der Waals surface area contributed by atoms with Crippen LogP contribution in [0.3, 0.4) is 0 Å². The van der Waals surface area contributed by atoms with Gasteiger partial charge in [0.15, 0.2) is 23.6 Å². The third-order valence-corrected chi connectivity index (χ3v) is 13.5. The number of fused-ring (bicyclic) bond motifs is 5. The summed E-state index contributed by atoms with van der Waals surface area (Å²) < 4.78 is 30.3. The monoisotopic (exact) mass is 853 g/mol. The minimum atomic E-state index is -2.39. The first-order valence-electron chi connectivity index (χ1n) is 20.5. The normalized spacial score (nSPS) is 31.9. The van der Waals surface area contributed by atoms with Gasteiger partial charge in [-0.2, -0.15) is 0 Å². The van der Waals surface area contributed by atoms with Crippen molar-refractivity contribution < 1.29 is 67.8 Å². The predicted octanol–water partition coefficient (Wildman–Crippen LogP) is 3.74. The molecule has 328 valence electrons. The molecule has 15 heteroatoms. The van der Waals surface area contributed by atoms with Gasteiger partial charge in [-0.15, -0.1) is 0 Å². The van der Waals surface area contributed by atoms with E-state index in [1.807, 2.05) is 0 Å². The highest BCUT2D eigenvalue weighted by Crippen LogP contribution is 2.64. The maximum absolute atomic E-state index is 15.5. The molecule has 62 heavy (non-hydrogen) atoms. The van der Waals surface area contributed by atoms with Crippen LogP contribution >= 0.6 is 0 Å². The van der Waals surface area contributed by atoms with Gasteiger partial charge >= 0.3 is 23.9 Å². The van der Waals surface area contributed by atoms with Crippen molar-refractivity contribution in [1.82, 2.24) is 5.32 Å². The number of hydrogen-bond acceptors (Lipinski definition) is 14. The summed E-state index contributed by atoms with van der Waals surface area (Å²) in [5.41, 5.74) is -7.02. The lowest BCUT2D eigenvalue weighted by Crippen LogP contribution is -2.82. The third kappa shape index (κ3) is 7.29. The molecule has 7 rings (SSSR count). The quantitative estimate of drug-likeness (QED) is 0.130. The SMILES string of the molecule is CC(=O)O[C@@H]1C(=O)[C@@]2(C)C([C@H](OC(=O)c3ccccc3)[C@]3(O)C[C@H](OC(=O)[C@H](O)[C@@H](NC(=O)c4ccccc4)c4ccccc4)C(C)=C1C3(C)C)[C@]1(OC(C)=O)CO[C@@H]1C[C@@H]2O. The molecule has 0 radical (unpaired) electrons. The molecule has 1 unspecified atom stereocenters. The van der Waals surface area contributed by atoms with Crippen molar-refractivity contribution in [2.24, 2.45) is 16.7 Å². The molecule has 2 bridgehead atoms. The van der Waals surface area contributed by atoms with Gasteiger partial charge in [-0.3, -0.25) is 19.2 Å². The van der Waals surface area contributed by atoms with Gasteiger partial charge in [0, 0.05) is 37.7 Å². The van der Waals surface area contributed by atoms with E-state index in [-0.39, 0.29) is 35.3 Å². The predicted molar refractivity (Wildman–Crippen MR) is 218 cm³/mol. The highest BCUT2D eigenvalue weighted by molar-refractivity contribution is 5.96. The Hall–Kier alpha value is -5.74. The molecule has 4 aliphatic rings. The second kappa shape index (κ2) is 16.5. The van der Waals surface area contributed by atoms with Crippen LogP contribution in [0.2, 0.25) is 0 Å². The van der Waals surface area contributed by atoms with Crippen LogP contribution in [0.5, 0.6) is 0 Å². The standard InChI is InChI=1S/C47H51NO14/c1-25-31(60-43(56)36(52)35(28-16-10-7-11-17-28)48-41(54)29-18-12-8-13-19-29)23-47(57)40(61-42(55)30-20-14-9-15-21-30)38-45(6,32(51)22-33-46(38,24-58-33)62-27(3)50)39(53)37(59-26(2)49)34(25)44(47,4)5/h7-21,31-33,35-38,40,51-52,57H,22-24H2,1-6H3,(H,48,54)/t31-,32-,33+,35-,36+,37-,38?,40-,45+,46-,47+/m0/s1. The van der Waals surface area contributed by atoms with Crippen molar-refractivity contribution >= 4 is 35.6 Å². The van der Waals surface area contributed by atoms with Crippen LogP contribution in [0.25, 0.3) is 0 Å². The first-order valence-corrected chi connectivity index (χ1v) is 20.5. The molecule has 3 aromatic rings. The average Bonchev–Trinajstić information content (AvgIpc) is 3.24. The summed E-state index contributed by atoms with van der Waals surface area (Å²) in [4.78, 5) is 83.5. The van der Waals surface area contributed by atoms with Gasteiger partial charge in [0.05, 0.1) is 35.6 Å². The number of aliphatic hydroxyl groups is 3. The van der Waals surface area contributed by atoms with Crippen LogP contribution in [0, 0.1) is 16.7 Å². The topological polar surface area (TPSA) is 221 Å². The van der Waals surface area contributed by atoms with Crippen LogP contribution in [0.4, 0.5) is 0 Å². The average molecular weight is 854 g/mol. The highest BCUT2D eigenvalue weighted by Gasteiger charge is 2.78. The summed E-state index contributed by atoms with van der Waals surface area (Å²) in [6.45, 7) is 7.97. The second-order valence-electron chi connectivity index (χ2n) is 17.4. The Morgan fingerprint density at radius 2 is 1.40 bits per heavy atom. The third-order valence-electron chi connectivity index (χ3n) is 13.5. The summed E-state index contributed by atoms with van der Waals surface area (Å²) in [6, 6.07) is 22.9. The van der Waals surface area contributed by atoms with Crippen molar-refractivity contribution in [3.63, 3.8) is 0 Å². The second-order valence-corrected chi connectivity index (χ2v) is 17.4. The number of carbonyl (C=O) groups excluding carboxylic acids is 6. The highest BCUT2D eigenvalue weighted by atomic mass is 16.6. The van der Waals surface area contributed by atoms with E-state index in [1.165, 1.54) is 26.0 Å². The summed E-state index contributed by atoms with van der Waals surface area (Å²) >= 11 is 0. The molecule has 2 saturated carbocycles. The van der Waals surface area contributed by atoms with Crippen molar-refractivity contribution in [1.29, 1.82) is 0 Å². The van der Waals surface area contributed by atoms with Gasteiger partial charge in [-0.25, -0.2) is 9.59 Å². The summed E-state index contributed by atoms with van der Waals surface area (Å²) in [5, 5.41) is 40.2. The molecular weight excluding hydrogens is 803 g/mol. The largest absolute Gasteiger partial charge is 0.456 e. The molecule has 0 aromatic heterocycles. The number of benzene rings is 3. The Labute approximate surface area is 358 Å². The van der Waals surface area contributed by atoms with Gasteiger partial charge in [0.2, 0.25) is 0 Å². The first kappa shape index (κ1) is 44.3. The van der Waals surface area contributed by atoms with E-state index in [1.54, 1.807) is 92.7 Å². The molecule has 0 spiro atoms. The zero-order valence-electron chi connectivity index (χ0n) is 35.2. The molecule has 4 N–H and O–H groups in total. The number of aliphatic hydroxyl groups excluding tert-OH is 2. The molecule has 3 fully saturated rings. The smallest absolute Gasteiger partial charge is 0.338 e. The van der Waals surface area contributed by atoms with Crippen LogP contribution in [0.1, 0.15) is 86.7 Å². The summed E-state index contributed by atoms with van der Waals surface area (Å²) in [5.74, 6) is -6.84. The number of Topliss-reactive ketones (excluding diaryl/α,β-unsaturated/α-hetero) is 1. The van der Waals surface area contributed by atoms with Crippen molar-refractivity contribution in [3.8, 4) is 0 Å². The molecule has 3 aromatic carbocycles. The number of nitrogens with one attached hydrogen (secondary N) is 1. The minimum Gasteiger partial charge on any atom is -0.456 e. The Balaban J connectivity index is 1.39. The zero-order chi connectivity index (χ0) is 44.9. The Morgan fingerprint density at radius 1 is 0.823 bits per heavy atom.